The topological polar surface area (TPSA) is 42.5 Å². The molecule has 118 valence electrons. The molecule has 5 nitrogen and oxygen atoms in total. The van der Waals surface area contributed by atoms with E-state index in [4.69, 9.17) is 4.99 Å². The Balaban J connectivity index is 1.87. The number of benzene rings is 1. The summed E-state index contributed by atoms with van der Waals surface area (Å²) >= 11 is 1.46. The van der Waals surface area contributed by atoms with Gasteiger partial charge in [0, 0.05) is 13.6 Å². The van der Waals surface area contributed by atoms with Crippen LogP contribution in [0.3, 0.4) is 0 Å². The molecule has 1 aromatic heterocycles. The van der Waals surface area contributed by atoms with Crippen LogP contribution in [0, 0.1) is 0 Å². The fourth-order valence-electron chi connectivity index (χ4n) is 2.81. The second kappa shape index (κ2) is 6.62. The second-order valence-electron chi connectivity index (χ2n) is 5.93. The van der Waals surface area contributed by atoms with Crippen LogP contribution in [0.1, 0.15) is 18.4 Å². The first-order chi connectivity index (χ1) is 10.6. The van der Waals surface area contributed by atoms with Gasteiger partial charge in [0.15, 0.2) is 0 Å². The van der Waals surface area contributed by atoms with E-state index in [1.807, 2.05) is 37.4 Å². The Hall–Kier alpha value is -1.66. The SMILES string of the molecule is CN1CCCC(N=c2sn(Cc3ccccc3)c(=O)n2C)C1. The van der Waals surface area contributed by atoms with Crippen LogP contribution in [0.25, 0.3) is 0 Å². The number of hydrogen-bond donors (Lipinski definition) is 0. The maximum atomic E-state index is 12.4. The average Bonchev–Trinajstić information content (AvgIpc) is 2.77. The third-order valence-electron chi connectivity index (χ3n) is 4.04. The molecule has 1 aliphatic rings. The van der Waals surface area contributed by atoms with E-state index >= 15 is 0 Å². The summed E-state index contributed by atoms with van der Waals surface area (Å²) < 4.78 is 3.45. The number of aromatic nitrogens is 2. The molecule has 3 rings (SSSR count). The Kier molecular flexibility index (Phi) is 4.59. The van der Waals surface area contributed by atoms with Crippen molar-refractivity contribution in [3.05, 3.63) is 51.2 Å². The lowest BCUT2D eigenvalue weighted by molar-refractivity contribution is 0.250. The van der Waals surface area contributed by atoms with Crippen LogP contribution in [-0.4, -0.2) is 39.6 Å². The normalized spacial score (nSPS) is 20.5. The molecule has 1 aliphatic heterocycles. The van der Waals surface area contributed by atoms with Gasteiger partial charge in [-0.15, -0.1) is 0 Å². The number of piperidine rings is 1. The van der Waals surface area contributed by atoms with Gasteiger partial charge in [-0.05, 0) is 43.5 Å². The number of rotatable bonds is 3. The summed E-state index contributed by atoms with van der Waals surface area (Å²) in [7, 11) is 3.94. The van der Waals surface area contributed by atoms with Gasteiger partial charge in [0.05, 0.1) is 12.6 Å². The molecular formula is C16H22N4OS. The van der Waals surface area contributed by atoms with E-state index in [0.29, 0.717) is 12.6 Å². The van der Waals surface area contributed by atoms with Crippen molar-refractivity contribution >= 4 is 11.5 Å². The van der Waals surface area contributed by atoms with Gasteiger partial charge >= 0.3 is 5.69 Å². The molecule has 0 amide bonds. The van der Waals surface area contributed by atoms with Gasteiger partial charge in [-0.1, -0.05) is 30.3 Å². The third-order valence-corrected chi connectivity index (χ3v) is 5.09. The Morgan fingerprint density at radius 2 is 2.05 bits per heavy atom. The van der Waals surface area contributed by atoms with Crippen molar-refractivity contribution in [3.8, 4) is 0 Å². The molecule has 6 heteroatoms. The summed E-state index contributed by atoms with van der Waals surface area (Å²) in [5, 5.41) is 0. The predicted octanol–water partition coefficient (Wildman–Crippen LogP) is 1.29. The van der Waals surface area contributed by atoms with Crippen molar-refractivity contribution in [1.82, 2.24) is 13.4 Å². The summed E-state index contributed by atoms with van der Waals surface area (Å²) in [6.07, 6.45) is 2.28. The minimum Gasteiger partial charge on any atom is -0.304 e. The standard InChI is InChI=1S/C16H22N4OS/c1-18-10-6-9-14(12-18)17-15-19(2)16(21)20(22-15)11-13-7-4-3-5-8-13/h3-5,7-8,14H,6,9-12H2,1-2H3. The molecule has 1 atom stereocenters. The fourth-order valence-corrected chi connectivity index (χ4v) is 3.82. The lowest BCUT2D eigenvalue weighted by Crippen LogP contribution is -2.36. The lowest BCUT2D eigenvalue weighted by atomic mass is 10.1. The Morgan fingerprint density at radius 1 is 1.27 bits per heavy atom. The molecule has 0 spiro atoms. The van der Waals surface area contributed by atoms with Crippen LogP contribution in [0.5, 0.6) is 0 Å². The molecule has 0 aliphatic carbocycles. The maximum absolute atomic E-state index is 12.4. The highest BCUT2D eigenvalue weighted by Crippen LogP contribution is 2.10. The molecule has 2 aromatic rings. The highest BCUT2D eigenvalue weighted by atomic mass is 32.1. The Bertz CT molecular complexity index is 743. The van der Waals surface area contributed by atoms with Gasteiger partial charge in [-0.2, -0.15) is 0 Å². The van der Waals surface area contributed by atoms with Gasteiger partial charge in [-0.25, -0.2) is 8.75 Å². The highest BCUT2D eigenvalue weighted by Gasteiger charge is 2.16. The summed E-state index contributed by atoms with van der Waals surface area (Å²) in [5.74, 6) is 0. The first kappa shape index (κ1) is 15.2. The predicted molar refractivity (Wildman–Crippen MR) is 89.2 cm³/mol. The molecule has 0 saturated carbocycles. The minimum atomic E-state index is 0.0109. The number of hydrogen-bond acceptors (Lipinski definition) is 4. The maximum Gasteiger partial charge on any atom is 0.339 e. The smallest absolute Gasteiger partial charge is 0.304 e. The molecule has 0 bridgehead atoms. The molecule has 22 heavy (non-hydrogen) atoms. The second-order valence-corrected chi connectivity index (χ2v) is 6.91. The van der Waals surface area contributed by atoms with Crippen LogP contribution >= 0.6 is 11.5 Å². The van der Waals surface area contributed by atoms with Crippen LogP contribution in [-0.2, 0) is 13.6 Å². The Morgan fingerprint density at radius 3 is 2.77 bits per heavy atom. The number of likely N-dealkylation sites (tertiary alicyclic amines) is 1. The van der Waals surface area contributed by atoms with Crippen molar-refractivity contribution in [2.75, 3.05) is 20.1 Å². The van der Waals surface area contributed by atoms with Gasteiger partial charge in [0.25, 0.3) is 0 Å². The first-order valence-corrected chi connectivity index (χ1v) is 8.44. The highest BCUT2D eigenvalue weighted by molar-refractivity contribution is 7.03. The zero-order chi connectivity index (χ0) is 15.5. The average molecular weight is 318 g/mol. The quantitative estimate of drug-likeness (QED) is 0.856. The largest absolute Gasteiger partial charge is 0.339 e. The minimum absolute atomic E-state index is 0.0109. The zero-order valence-electron chi connectivity index (χ0n) is 13.1. The zero-order valence-corrected chi connectivity index (χ0v) is 13.9. The van der Waals surface area contributed by atoms with Crippen LogP contribution < -0.4 is 10.5 Å². The molecule has 1 fully saturated rings. The van der Waals surface area contributed by atoms with Gasteiger partial charge in [0.2, 0.25) is 4.80 Å². The van der Waals surface area contributed by atoms with E-state index < -0.39 is 0 Å². The number of nitrogens with zero attached hydrogens (tertiary/aromatic N) is 4. The van der Waals surface area contributed by atoms with Crippen molar-refractivity contribution in [2.24, 2.45) is 12.0 Å². The van der Waals surface area contributed by atoms with Gasteiger partial charge in [0.1, 0.15) is 0 Å². The van der Waals surface area contributed by atoms with E-state index in [0.717, 1.165) is 29.9 Å². The summed E-state index contributed by atoms with van der Waals surface area (Å²) in [4.78, 5) is 20.3. The molecule has 0 radical (unpaired) electrons. The van der Waals surface area contributed by atoms with E-state index in [9.17, 15) is 4.79 Å². The van der Waals surface area contributed by atoms with Crippen LogP contribution in [0.15, 0.2) is 40.1 Å². The van der Waals surface area contributed by atoms with E-state index in [2.05, 4.69) is 11.9 Å². The van der Waals surface area contributed by atoms with Crippen molar-refractivity contribution in [1.29, 1.82) is 0 Å². The van der Waals surface area contributed by atoms with Crippen molar-refractivity contribution in [3.63, 3.8) is 0 Å². The van der Waals surface area contributed by atoms with Crippen LogP contribution in [0.2, 0.25) is 0 Å². The molecule has 1 saturated heterocycles. The van der Waals surface area contributed by atoms with Gasteiger partial charge in [-0.3, -0.25) is 9.56 Å². The monoisotopic (exact) mass is 318 g/mol. The van der Waals surface area contributed by atoms with Crippen molar-refractivity contribution < 1.29 is 0 Å². The van der Waals surface area contributed by atoms with E-state index in [1.165, 1.54) is 18.0 Å². The lowest BCUT2D eigenvalue weighted by Gasteiger charge is -2.26. The van der Waals surface area contributed by atoms with Crippen molar-refractivity contribution in [2.45, 2.75) is 25.4 Å². The first-order valence-electron chi connectivity index (χ1n) is 7.67. The fraction of sp³-hybridized carbons (Fsp3) is 0.500. The third kappa shape index (κ3) is 3.39. The molecule has 1 unspecified atom stereocenters. The number of likely N-dealkylation sites (N-methyl/N-ethyl adjacent to an activating group) is 1. The van der Waals surface area contributed by atoms with E-state index in [-0.39, 0.29) is 5.69 Å². The van der Waals surface area contributed by atoms with Crippen LogP contribution in [0.4, 0.5) is 0 Å². The molecule has 2 heterocycles. The molecule has 1 aromatic carbocycles. The summed E-state index contributed by atoms with van der Waals surface area (Å²) in [6, 6.07) is 10.4. The molecule has 0 N–H and O–H groups in total. The van der Waals surface area contributed by atoms with Gasteiger partial charge < -0.3 is 4.90 Å². The Labute approximate surface area is 134 Å². The summed E-state index contributed by atoms with van der Waals surface area (Å²) in [5.41, 5.74) is 1.15. The summed E-state index contributed by atoms with van der Waals surface area (Å²) in [6.45, 7) is 2.73. The van der Waals surface area contributed by atoms with E-state index in [1.54, 1.807) is 8.52 Å². The molecular weight excluding hydrogens is 296 g/mol.